The van der Waals surface area contributed by atoms with Crippen molar-refractivity contribution in [3.8, 4) is 78.6 Å². The van der Waals surface area contributed by atoms with Gasteiger partial charge < -0.3 is 4.74 Å². The van der Waals surface area contributed by atoms with Gasteiger partial charge in [-0.15, -0.1) is 0 Å². The van der Waals surface area contributed by atoms with Crippen molar-refractivity contribution in [2.75, 3.05) is 7.11 Å². The molecule has 0 atom stereocenters. The monoisotopic (exact) mass is 835 g/mol. The normalized spacial score (nSPS) is 11.9. The van der Waals surface area contributed by atoms with Crippen molar-refractivity contribution in [1.82, 2.24) is 14.5 Å². The summed E-state index contributed by atoms with van der Waals surface area (Å²) >= 11 is 0. The van der Waals surface area contributed by atoms with Crippen molar-refractivity contribution in [2.24, 2.45) is 0 Å². The first-order valence-corrected chi connectivity index (χ1v) is 22.3. The first kappa shape index (κ1) is 42.3. The Morgan fingerprint density at radius 2 is 1.16 bits per heavy atom. The molecule has 2 heterocycles. The van der Waals surface area contributed by atoms with E-state index in [1.54, 1.807) is 7.11 Å². The summed E-state index contributed by atoms with van der Waals surface area (Å²) in [5.41, 5.74) is 20.7. The van der Waals surface area contributed by atoms with Crippen LogP contribution in [0.5, 0.6) is 5.75 Å². The van der Waals surface area contributed by atoms with Crippen LogP contribution in [0.4, 0.5) is 0 Å². The van der Waals surface area contributed by atoms with Gasteiger partial charge in [0.1, 0.15) is 11.6 Å². The summed E-state index contributed by atoms with van der Waals surface area (Å²) in [7, 11) is 1.77. The van der Waals surface area contributed by atoms with E-state index in [1.165, 1.54) is 33.4 Å². The van der Waals surface area contributed by atoms with Crippen LogP contribution in [0.2, 0.25) is 0 Å². The van der Waals surface area contributed by atoms with Crippen LogP contribution >= 0.6 is 0 Å². The second kappa shape index (κ2) is 16.6. The van der Waals surface area contributed by atoms with Crippen LogP contribution in [0.25, 0.3) is 83.9 Å². The van der Waals surface area contributed by atoms with Gasteiger partial charge in [-0.25, -0.2) is 4.98 Å². The summed E-state index contributed by atoms with van der Waals surface area (Å²) in [6.07, 6.45) is 1.93. The van der Waals surface area contributed by atoms with Gasteiger partial charge in [-0.2, -0.15) is 0 Å². The molecule has 4 nitrogen and oxygen atoms in total. The van der Waals surface area contributed by atoms with E-state index in [9.17, 15) is 0 Å². The summed E-state index contributed by atoms with van der Waals surface area (Å²) in [4.78, 5) is 10.7. The van der Waals surface area contributed by atoms with Gasteiger partial charge in [0.2, 0.25) is 0 Å². The number of rotatable bonds is 8. The van der Waals surface area contributed by atoms with E-state index in [-0.39, 0.29) is 10.8 Å². The average Bonchev–Trinajstić information content (AvgIpc) is 3.68. The van der Waals surface area contributed by atoms with Gasteiger partial charge in [0.05, 0.1) is 35.1 Å². The summed E-state index contributed by atoms with van der Waals surface area (Å²) in [6, 6.07) is 57.4. The highest BCUT2D eigenvalue weighted by atomic mass is 16.5. The second-order valence-electron chi connectivity index (χ2n) is 19.3. The minimum absolute atomic E-state index is 0.128. The van der Waals surface area contributed by atoms with Gasteiger partial charge in [-0.3, -0.25) is 9.55 Å². The molecule has 318 valence electrons. The number of fused-ring (bicyclic) bond motifs is 1. The van der Waals surface area contributed by atoms with E-state index in [2.05, 4.69) is 225 Å². The fraction of sp³-hybridized carbons (Fsp3) is 0.200. The highest BCUT2D eigenvalue weighted by molar-refractivity contribution is 5.98. The number of benzene rings is 7. The first-order valence-electron chi connectivity index (χ1n) is 22.3. The topological polar surface area (TPSA) is 39.9 Å². The second-order valence-corrected chi connectivity index (χ2v) is 19.3. The molecule has 0 aliphatic rings. The molecule has 2 aromatic heterocycles. The molecule has 0 saturated carbocycles. The van der Waals surface area contributed by atoms with Gasteiger partial charge in [-0.05, 0) is 136 Å². The standard InChI is InChI=1S/C60H57N3O/c1-38-24-26-41(27-25-38)44-28-29-61-53(35-44)46-32-45(33-47(34-46)59(4,5)6)48-22-17-23-54-56(48)62-58(51-31-39(2)30-40(3)57(51)64-10)63(54)55-37-49(42-18-13-11-14-19-42)52(60(7,8)9)36-50(55)43-20-15-12-16-21-43/h11-37H,1-10H3. The maximum absolute atomic E-state index is 6.26. The fourth-order valence-electron chi connectivity index (χ4n) is 9.13. The van der Waals surface area contributed by atoms with E-state index in [0.29, 0.717) is 0 Å². The Labute approximate surface area is 379 Å². The molecule has 0 saturated heterocycles. The lowest BCUT2D eigenvalue weighted by Crippen LogP contribution is -2.14. The number of ether oxygens (including phenoxy) is 1. The zero-order valence-electron chi connectivity index (χ0n) is 38.8. The van der Waals surface area contributed by atoms with E-state index < -0.39 is 0 Å². The number of imidazole rings is 1. The molecule has 0 unspecified atom stereocenters. The maximum atomic E-state index is 6.26. The molecule has 0 aliphatic carbocycles. The van der Waals surface area contributed by atoms with Crippen LogP contribution in [0.3, 0.4) is 0 Å². The van der Waals surface area contributed by atoms with Crippen molar-refractivity contribution >= 4 is 11.0 Å². The van der Waals surface area contributed by atoms with Crippen LogP contribution < -0.4 is 4.74 Å². The van der Waals surface area contributed by atoms with E-state index >= 15 is 0 Å². The molecule has 0 radical (unpaired) electrons. The van der Waals surface area contributed by atoms with Gasteiger partial charge >= 0.3 is 0 Å². The van der Waals surface area contributed by atoms with Crippen LogP contribution in [0, 0.1) is 20.8 Å². The van der Waals surface area contributed by atoms with Crippen LogP contribution in [0.15, 0.2) is 164 Å². The predicted octanol–water partition coefficient (Wildman–Crippen LogP) is 16.0. The molecule has 7 aromatic carbocycles. The number of aryl methyl sites for hydroxylation is 3. The average molecular weight is 836 g/mol. The van der Waals surface area contributed by atoms with Gasteiger partial charge in [0.15, 0.2) is 0 Å². The number of aromatic nitrogens is 3. The van der Waals surface area contributed by atoms with Crippen molar-refractivity contribution in [1.29, 1.82) is 0 Å². The Balaban J connectivity index is 1.37. The minimum Gasteiger partial charge on any atom is -0.496 e. The molecule has 0 amide bonds. The maximum Gasteiger partial charge on any atom is 0.149 e. The van der Waals surface area contributed by atoms with Crippen molar-refractivity contribution in [3.63, 3.8) is 0 Å². The Bertz CT molecular complexity index is 3160. The summed E-state index contributed by atoms with van der Waals surface area (Å²) in [5, 5.41) is 0. The van der Waals surface area contributed by atoms with E-state index in [1.807, 2.05) is 6.20 Å². The van der Waals surface area contributed by atoms with E-state index in [4.69, 9.17) is 14.7 Å². The Morgan fingerprint density at radius 3 is 1.81 bits per heavy atom. The van der Waals surface area contributed by atoms with Crippen molar-refractivity contribution < 1.29 is 4.74 Å². The summed E-state index contributed by atoms with van der Waals surface area (Å²) < 4.78 is 8.65. The molecule has 0 aliphatic heterocycles. The number of methoxy groups -OCH3 is 1. The lowest BCUT2D eigenvalue weighted by molar-refractivity contribution is 0.413. The minimum atomic E-state index is -0.137. The quantitative estimate of drug-likeness (QED) is 0.153. The lowest BCUT2D eigenvalue weighted by atomic mass is 9.79. The molecule has 0 spiro atoms. The number of hydrogen-bond donors (Lipinski definition) is 0. The van der Waals surface area contributed by atoms with Crippen molar-refractivity contribution in [2.45, 2.75) is 73.1 Å². The highest BCUT2D eigenvalue weighted by Gasteiger charge is 2.28. The third-order valence-electron chi connectivity index (χ3n) is 12.5. The number of hydrogen-bond acceptors (Lipinski definition) is 3. The van der Waals surface area contributed by atoms with Crippen LogP contribution in [-0.4, -0.2) is 21.6 Å². The van der Waals surface area contributed by atoms with Crippen molar-refractivity contribution in [3.05, 3.63) is 192 Å². The number of para-hydroxylation sites is 1. The molecule has 4 heteroatoms. The largest absolute Gasteiger partial charge is 0.496 e. The van der Waals surface area contributed by atoms with Crippen LogP contribution in [-0.2, 0) is 10.8 Å². The van der Waals surface area contributed by atoms with Gasteiger partial charge in [0.25, 0.3) is 0 Å². The smallest absolute Gasteiger partial charge is 0.149 e. The molecular formula is C60H57N3O. The molecule has 9 aromatic rings. The third kappa shape index (κ3) is 8.05. The zero-order chi connectivity index (χ0) is 44.9. The summed E-state index contributed by atoms with van der Waals surface area (Å²) in [6.45, 7) is 20.2. The number of nitrogens with zero attached hydrogens (tertiary/aromatic N) is 3. The highest BCUT2D eigenvalue weighted by Crippen LogP contribution is 2.46. The first-order chi connectivity index (χ1) is 30.7. The number of pyridine rings is 1. The molecule has 0 fully saturated rings. The molecule has 64 heavy (non-hydrogen) atoms. The molecule has 0 N–H and O–H groups in total. The SMILES string of the molecule is COc1c(C)cc(C)cc1-c1nc2c(-c3cc(-c4cc(-c5ccc(C)cc5)ccn4)cc(C(C)(C)C)c3)cccc2n1-c1cc(-c2ccccc2)c(C(C)(C)C)cc1-c1ccccc1. The van der Waals surface area contributed by atoms with Gasteiger partial charge in [0, 0.05) is 22.9 Å². The Kier molecular flexibility index (Phi) is 11.0. The fourth-order valence-corrected chi connectivity index (χ4v) is 9.13. The van der Waals surface area contributed by atoms with Gasteiger partial charge in [-0.1, -0.05) is 156 Å². The third-order valence-corrected chi connectivity index (χ3v) is 12.5. The zero-order valence-corrected chi connectivity index (χ0v) is 38.8. The molecule has 9 rings (SSSR count). The van der Waals surface area contributed by atoms with E-state index in [0.717, 1.165) is 84.1 Å². The molecular weight excluding hydrogens is 779 g/mol. The predicted molar refractivity (Wildman–Crippen MR) is 270 cm³/mol. The summed E-state index contributed by atoms with van der Waals surface area (Å²) in [5.74, 6) is 1.64. The lowest BCUT2D eigenvalue weighted by Gasteiger charge is -2.27. The molecule has 0 bridgehead atoms. The Morgan fingerprint density at radius 1 is 0.484 bits per heavy atom. The Hall–Kier alpha value is -7.04. The van der Waals surface area contributed by atoms with Crippen LogP contribution in [0.1, 0.15) is 69.4 Å².